The second-order valence-electron chi connectivity index (χ2n) is 4.69. The highest BCUT2D eigenvalue weighted by atomic mass is 16.5. The van der Waals surface area contributed by atoms with Crippen LogP contribution in [0.25, 0.3) is 11.4 Å². The van der Waals surface area contributed by atoms with E-state index in [1.165, 1.54) is 0 Å². The average molecular weight is 302 g/mol. The molecular weight excluding hydrogens is 284 g/mol. The molecule has 1 aromatic carbocycles. The summed E-state index contributed by atoms with van der Waals surface area (Å²) in [5, 5.41) is 11.3. The van der Waals surface area contributed by atoms with Gasteiger partial charge in [0.1, 0.15) is 5.82 Å². The zero-order valence-corrected chi connectivity index (χ0v) is 12.7. The first-order valence-corrected chi connectivity index (χ1v) is 6.79. The molecule has 0 bridgehead atoms. The lowest BCUT2D eigenvalue weighted by molar-refractivity contribution is 0.210. The van der Waals surface area contributed by atoms with Crippen molar-refractivity contribution in [1.82, 2.24) is 9.97 Å². The Labute approximate surface area is 128 Å². The topological polar surface area (TPSA) is 87.6 Å². The maximum Gasteiger partial charge on any atom is 0.409 e. The highest BCUT2D eigenvalue weighted by Gasteiger charge is 2.13. The molecular formula is C15H18N4O3. The summed E-state index contributed by atoms with van der Waals surface area (Å²) in [7, 11) is 3.73. The molecule has 0 saturated carbocycles. The van der Waals surface area contributed by atoms with Gasteiger partial charge >= 0.3 is 6.09 Å². The summed E-state index contributed by atoms with van der Waals surface area (Å²) in [4.78, 5) is 21.6. The number of hydrogen-bond donors (Lipinski definition) is 2. The number of anilines is 2. The molecule has 2 rings (SSSR count). The van der Waals surface area contributed by atoms with Gasteiger partial charge in [-0.2, -0.15) is 4.98 Å². The molecule has 1 aromatic heterocycles. The van der Waals surface area contributed by atoms with Crippen molar-refractivity contribution in [2.75, 3.05) is 30.9 Å². The lowest BCUT2D eigenvalue weighted by atomic mass is 10.1. The lowest BCUT2D eigenvalue weighted by Crippen LogP contribution is -2.13. The molecule has 7 nitrogen and oxygen atoms in total. The van der Waals surface area contributed by atoms with E-state index in [0.29, 0.717) is 35.4 Å². The SMILES string of the molecule is CCOc1cc(N(C)C)nc(-c2ccccc2NC(=O)O)n1. The fourth-order valence-corrected chi connectivity index (χ4v) is 1.89. The van der Waals surface area contributed by atoms with E-state index < -0.39 is 6.09 Å². The third-order valence-electron chi connectivity index (χ3n) is 2.85. The first-order valence-electron chi connectivity index (χ1n) is 6.79. The average Bonchev–Trinajstić information content (AvgIpc) is 2.47. The minimum atomic E-state index is -1.14. The van der Waals surface area contributed by atoms with Gasteiger partial charge in [-0.25, -0.2) is 9.78 Å². The molecule has 0 saturated heterocycles. The quantitative estimate of drug-likeness (QED) is 0.883. The predicted molar refractivity (Wildman–Crippen MR) is 84.6 cm³/mol. The summed E-state index contributed by atoms with van der Waals surface area (Å²) in [6.45, 7) is 2.36. The van der Waals surface area contributed by atoms with Crippen molar-refractivity contribution >= 4 is 17.6 Å². The molecule has 0 atom stereocenters. The summed E-state index contributed by atoms with van der Waals surface area (Å²) >= 11 is 0. The highest BCUT2D eigenvalue weighted by Crippen LogP contribution is 2.28. The summed E-state index contributed by atoms with van der Waals surface area (Å²) in [5.41, 5.74) is 1.02. The van der Waals surface area contributed by atoms with Gasteiger partial charge in [-0.15, -0.1) is 0 Å². The molecule has 2 N–H and O–H groups in total. The molecule has 7 heteroatoms. The smallest absolute Gasteiger partial charge is 0.409 e. The van der Waals surface area contributed by atoms with Crippen LogP contribution in [-0.4, -0.2) is 41.9 Å². The van der Waals surface area contributed by atoms with Gasteiger partial charge in [0.15, 0.2) is 5.82 Å². The Bertz CT molecular complexity index is 674. The van der Waals surface area contributed by atoms with Crippen LogP contribution in [0.3, 0.4) is 0 Å². The first-order chi connectivity index (χ1) is 10.5. The molecule has 0 unspecified atom stereocenters. The van der Waals surface area contributed by atoms with Gasteiger partial charge in [0, 0.05) is 25.7 Å². The molecule has 22 heavy (non-hydrogen) atoms. The Morgan fingerprint density at radius 3 is 2.68 bits per heavy atom. The Kier molecular flexibility index (Phi) is 4.77. The Morgan fingerprint density at radius 2 is 2.05 bits per heavy atom. The summed E-state index contributed by atoms with van der Waals surface area (Å²) < 4.78 is 5.47. The Morgan fingerprint density at radius 1 is 1.32 bits per heavy atom. The van der Waals surface area contributed by atoms with Crippen LogP contribution in [0.4, 0.5) is 16.3 Å². The fourth-order valence-electron chi connectivity index (χ4n) is 1.89. The van der Waals surface area contributed by atoms with Crippen molar-refractivity contribution in [2.45, 2.75) is 6.92 Å². The molecule has 0 radical (unpaired) electrons. The monoisotopic (exact) mass is 302 g/mol. The number of carbonyl (C=O) groups is 1. The number of rotatable bonds is 5. The zero-order valence-electron chi connectivity index (χ0n) is 12.7. The number of aromatic nitrogens is 2. The van der Waals surface area contributed by atoms with Gasteiger partial charge in [0.2, 0.25) is 5.88 Å². The van der Waals surface area contributed by atoms with Crippen LogP contribution in [0.2, 0.25) is 0 Å². The molecule has 1 amide bonds. The number of hydrogen-bond acceptors (Lipinski definition) is 5. The van der Waals surface area contributed by atoms with Crippen molar-refractivity contribution in [3.8, 4) is 17.3 Å². The summed E-state index contributed by atoms with van der Waals surface area (Å²) in [6, 6.07) is 8.70. The second-order valence-corrected chi connectivity index (χ2v) is 4.69. The van der Waals surface area contributed by atoms with Crippen LogP contribution < -0.4 is 15.0 Å². The molecule has 0 fully saturated rings. The number of para-hydroxylation sites is 1. The van der Waals surface area contributed by atoms with Gasteiger partial charge in [0.25, 0.3) is 0 Å². The maximum atomic E-state index is 10.9. The van der Waals surface area contributed by atoms with E-state index in [1.807, 2.05) is 25.9 Å². The van der Waals surface area contributed by atoms with E-state index in [0.717, 1.165) is 0 Å². The van der Waals surface area contributed by atoms with Crippen LogP contribution in [0, 0.1) is 0 Å². The standard InChI is InChI=1S/C15H18N4O3/c1-4-22-13-9-12(19(2)3)17-14(18-13)10-7-5-6-8-11(10)16-15(20)21/h5-9,16H,4H2,1-3H3,(H,20,21). The fraction of sp³-hybridized carbons (Fsp3) is 0.267. The van der Waals surface area contributed by atoms with Crippen LogP contribution in [0.5, 0.6) is 5.88 Å². The zero-order chi connectivity index (χ0) is 16.1. The van der Waals surface area contributed by atoms with Gasteiger partial charge in [0.05, 0.1) is 12.3 Å². The van der Waals surface area contributed by atoms with E-state index in [1.54, 1.807) is 30.3 Å². The molecule has 0 aliphatic rings. The molecule has 116 valence electrons. The Hall–Kier alpha value is -2.83. The number of benzene rings is 1. The molecule has 0 aliphatic heterocycles. The van der Waals surface area contributed by atoms with Crippen LogP contribution >= 0.6 is 0 Å². The van der Waals surface area contributed by atoms with E-state index in [-0.39, 0.29) is 0 Å². The van der Waals surface area contributed by atoms with Crippen LogP contribution in [0.1, 0.15) is 6.92 Å². The third kappa shape index (κ3) is 3.63. The number of amides is 1. The van der Waals surface area contributed by atoms with E-state index in [9.17, 15) is 4.79 Å². The predicted octanol–water partition coefficient (Wildman–Crippen LogP) is 2.70. The normalized spacial score (nSPS) is 10.1. The minimum Gasteiger partial charge on any atom is -0.478 e. The molecule has 2 aromatic rings. The maximum absolute atomic E-state index is 10.9. The van der Waals surface area contributed by atoms with Crippen LogP contribution in [-0.2, 0) is 0 Å². The van der Waals surface area contributed by atoms with E-state index in [2.05, 4.69) is 15.3 Å². The summed E-state index contributed by atoms with van der Waals surface area (Å²) in [5.74, 6) is 1.53. The highest BCUT2D eigenvalue weighted by molar-refractivity contribution is 5.89. The summed E-state index contributed by atoms with van der Waals surface area (Å²) in [6.07, 6.45) is -1.14. The number of ether oxygens (including phenoxy) is 1. The van der Waals surface area contributed by atoms with Crippen molar-refractivity contribution in [3.05, 3.63) is 30.3 Å². The largest absolute Gasteiger partial charge is 0.478 e. The number of nitrogens with one attached hydrogen (secondary N) is 1. The minimum absolute atomic E-state index is 0.402. The second kappa shape index (κ2) is 6.75. The lowest BCUT2D eigenvalue weighted by Gasteiger charge is -2.15. The van der Waals surface area contributed by atoms with Gasteiger partial charge in [-0.05, 0) is 19.1 Å². The van der Waals surface area contributed by atoms with Gasteiger partial charge in [-0.3, -0.25) is 5.32 Å². The van der Waals surface area contributed by atoms with Crippen LogP contribution in [0.15, 0.2) is 30.3 Å². The number of nitrogens with zero attached hydrogens (tertiary/aromatic N) is 3. The van der Waals surface area contributed by atoms with Crippen molar-refractivity contribution in [1.29, 1.82) is 0 Å². The van der Waals surface area contributed by atoms with Crippen molar-refractivity contribution < 1.29 is 14.6 Å². The third-order valence-corrected chi connectivity index (χ3v) is 2.85. The number of carboxylic acid groups (broad SMARTS) is 1. The van der Waals surface area contributed by atoms with Gasteiger partial charge < -0.3 is 14.7 Å². The molecule has 1 heterocycles. The van der Waals surface area contributed by atoms with Crippen molar-refractivity contribution in [3.63, 3.8) is 0 Å². The molecule has 0 aliphatic carbocycles. The molecule has 0 spiro atoms. The van der Waals surface area contributed by atoms with Gasteiger partial charge in [-0.1, -0.05) is 12.1 Å². The first kappa shape index (κ1) is 15.6. The van der Waals surface area contributed by atoms with Crippen molar-refractivity contribution in [2.24, 2.45) is 0 Å². The van der Waals surface area contributed by atoms with E-state index in [4.69, 9.17) is 9.84 Å². The van der Waals surface area contributed by atoms with E-state index >= 15 is 0 Å². The Balaban J connectivity index is 2.54.